The number of aromatic nitrogens is 6. The van der Waals surface area contributed by atoms with Crippen LogP contribution in [0.25, 0.3) is 16.7 Å². The van der Waals surface area contributed by atoms with Crippen molar-refractivity contribution < 1.29 is 0 Å². The van der Waals surface area contributed by atoms with E-state index in [1.807, 2.05) is 22.6 Å². The normalized spacial score (nSPS) is 11.4. The highest BCUT2D eigenvalue weighted by atomic mass is 32.2. The lowest BCUT2D eigenvalue weighted by Crippen LogP contribution is -1.89. The molecule has 0 amide bonds. The summed E-state index contributed by atoms with van der Waals surface area (Å²) >= 11 is 1.41. The maximum absolute atomic E-state index is 5.76. The number of rotatable bonds is 2. The molecule has 0 fully saturated rings. The second-order valence-corrected chi connectivity index (χ2v) is 5.19. The third-order valence-corrected chi connectivity index (χ3v) is 3.73. The molecular weight excluding hydrogens is 274 g/mol. The molecule has 0 aliphatic carbocycles. The standard InChI is InChI=1S/C12H9N7S/c13-7-1-2-8-9(5-7)17-12(16-8)20-11-10-18-15-6-19(10)4-3-14-11/h1-6H,13H2,(H,16,17). The molecule has 0 atom stereocenters. The number of nitrogens with one attached hydrogen (secondary N) is 1. The Bertz CT molecular complexity index is 910. The predicted molar refractivity (Wildman–Crippen MR) is 75.4 cm³/mol. The number of nitrogens with zero attached hydrogens (tertiary/aromatic N) is 5. The number of anilines is 1. The second kappa shape index (κ2) is 4.20. The molecule has 3 aromatic heterocycles. The van der Waals surface area contributed by atoms with Crippen molar-refractivity contribution in [2.75, 3.05) is 5.73 Å². The van der Waals surface area contributed by atoms with Gasteiger partial charge in [0.25, 0.3) is 0 Å². The van der Waals surface area contributed by atoms with Crippen molar-refractivity contribution >= 4 is 34.1 Å². The fourth-order valence-electron chi connectivity index (χ4n) is 1.95. The molecule has 0 aliphatic rings. The molecule has 3 heterocycles. The first-order valence-corrected chi connectivity index (χ1v) is 6.69. The van der Waals surface area contributed by atoms with Gasteiger partial charge in [-0.25, -0.2) is 9.97 Å². The fraction of sp³-hybridized carbons (Fsp3) is 0. The molecule has 4 rings (SSSR count). The van der Waals surface area contributed by atoms with Gasteiger partial charge in [0, 0.05) is 18.1 Å². The Morgan fingerprint density at radius 3 is 3.20 bits per heavy atom. The van der Waals surface area contributed by atoms with Crippen LogP contribution in [0.5, 0.6) is 0 Å². The van der Waals surface area contributed by atoms with Crippen LogP contribution >= 0.6 is 11.8 Å². The molecule has 0 aliphatic heterocycles. The zero-order valence-electron chi connectivity index (χ0n) is 10.2. The van der Waals surface area contributed by atoms with Crippen LogP contribution in [-0.2, 0) is 0 Å². The highest BCUT2D eigenvalue weighted by molar-refractivity contribution is 7.99. The van der Waals surface area contributed by atoms with E-state index in [0.717, 1.165) is 21.2 Å². The molecule has 3 N–H and O–H groups in total. The first-order chi connectivity index (χ1) is 9.79. The first-order valence-electron chi connectivity index (χ1n) is 5.87. The van der Waals surface area contributed by atoms with E-state index in [2.05, 4.69) is 25.1 Å². The molecule has 20 heavy (non-hydrogen) atoms. The zero-order valence-corrected chi connectivity index (χ0v) is 11.0. The number of imidazole rings is 1. The minimum atomic E-state index is 0.704. The van der Waals surface area contributed by atoms with Crippen molar-refractivity contribution in [1.82, 2.24) is 29.5 Å². The van der Waals surface area contributed by atoms with Crippen molar-refractivity contribution in [1.29, 1.82) is 0 Å². The molecular formula is C12H9N7S. The number of benzene rings is 1. The summed E-state index contributed by atoms with van der Waals surface area (Å²) in [5.41, 5.74) is 8.94. The van der Waals surface area contributed by atoms with Gasteiger partial charge in [-0.05, 0) is 30.0 Å². The first kappa shape index (κ1) is 11.2. The Kier molecular flexibility index (Phi) is 2.36. The molecule has 0 saturated heterocycles. The van der Waals surface area contributed by atoms with E-state index >= 15 is 0 Å². The number of hydrogen-bond donors (Lipinski definition) is 2. The highest BCUT2D eigenvalue weighted by Crippen LogP contribution is 2.28. The number of aromatic amines is 1. The molecule has 0 saturated carbocycles. The molecule has 8 heteroatoms. The minimum Gasteiger partial charge on any atom is -0.399 e. The lowest BCUT2D eigenvalue weighted by molar-refractivity contribution is 1.01. The summed E-state index contributed by atoms with van der Waals surface area (Å²) in [6, 6.07) is 5.57. The van der Waals surface area contributed by atoms with Crippen molar-refractivity contribution in [2.24, 2.45) is 0 Å². The summed E-state index contributed by atoms with van der Waals surface area (Å²) in [6.07, 6.45) is 5.15. The lowest BCUT2D eigenvalue weighted by Gasteiger charge is -1.98. The number of hydrogen-bond acceptors (Lipinski definition) is 6. The van der Waals surface area contributed by atoms with Crippen molar-refractivity contribution in [3.05, 3.63) is 36.9 Å². The van der Waals surface area contributed by atoms with Crippen LogP contribution in [0.1, 0.15) is 0 Å². The summed E-state index contributed by atoms with van der Waals surface area (Å²) in [5, 5.41) is 9.41. The second-order valence-electron chi connectivity index (χ2n) is 4.21. The van der Waals surface area contributed by atoms with Crippen LogP contribution in [-0.4, -0.2) is 29.5 Å². The maximum atomic E-state index is 5.76. The van der Waals surface area contributed by atoms with Gasteiger partial charge in [-0.15, -0.1) is 10.2 Å². The Morgan fingerprint density at radius 2 is 2.25 bits per heavy atom. The Balaban J connectivity index is 1.78. The van der Waals surface area contributed by atoms with E-state index in [9.17, 15) is 0 Å². The van der Waals surface area contributed by atoms with Crippen LogP contribution in [0.15, 0.2) is 47.1 Å². The topological polar surface area (TPSA) is 97.8 Å². The Morgan fingerprint density at radius 1 is 1.30 bits per heavy atom. The van der Waals surface area contributed by atoms with Gasteiger partial charge in [0.2, 0.25) is 0 Å². The third kappa shape index (κ3) is 1.77. The summed E-state index contributed by atoms with van der Waals surface area (Å²) in [7, 11) is 0. The van der Waals surface area contributed by atoms with Crippen molar-refractivity contribution in [3.8, 4) is 0 Å². The van der Waals surface area contributed by atoms with Crippen LogP contribution < -0.4 is 5.73 Å². The van der Waals surface area contributed by atoms with E-state index in [1.54, 1.807) is 18.7 Å². The largest absolute Gasteiger partial charge is 0.399 e. The van der Waals surface area contributed by atoms with Gasteiger partial charge in [0.05, 0.1) is 11.0 Å². The van der Waals surface area contributed by atoms with E-state index in [-0.39, 0.29) is 0 Å². The maximum Gasteiger partial charge on any atom is 0.193 e. The summed E-state index contributed by atoms with van der Waals surface area (Å²) in [4.78, 5) is 12.0. The van der Waals surface area contributed by atoms with Crippen LogP contribution in [0, 0.1) is 0 Å². The van der Waals surface area contributed by atoms with Gasteiger partial charge < -0.3 is 10.7 Å². The number of nitrogens with two attached hydrogens (primary N) is 1. The van der Waals surface area contributed by atoms with Gasteiger partial charge in [-0.3, -0.25) is 4.40 Å². The van der Waals surface area contributed by atoms with Crippen LogP contribution in [0.2, 0.25) is 0 Å². The molecule has 1 aromatic carbocycles. The smallest absolute Gasteiger partial charge is 0.193 e. The number of fused-ring (bicyclic) bond motifs is 2. The highest BCUT2D eigenvalue weighted by Gasteiger charge is 2.10. The molecule has 0 unspecified atom stereocenters. The molecule has 0 bridgehead atoms. The molecule has 0 radical (unpaired) electrons. The van der Waals surface area contributed by atoms with E-state index in [4.69, 9.17) is 5.73 Å². The zero-order chi connectivity index (χ0) is 13.5. The Hall–Kier alpha value is -2.61. The summed E-state index contributed by atoms with van der Waals surface area (Å²) in [6.45, 7) is 0. The quantitative estimate of drug-likeness (QED) is 0.544. The van der Waals surface area contributed by atoms with E-state index < -0.39 is 0 Å². The Labute approximate surface area is 117 Å². The van der Waals surface area contributed by atoms with E-state index in [0.29, 0.717) is 11.3 Å². The molecule has 0 spiro atoms. The van der Waals surface area contributed by atoms with Gasteiger partial charge >= 0.3 is 0 Å². The van der Waals surface area contributed by atoms with Gasteiger partial charge in [0.1, 0.15) is 11.4 Å². The van der Waals surface area contributed by atoms with Gasteiger partial charge in [-0.1, -0.05) is 0 Å². The van der Waals surface area contributed by atoms with Crippen LogP contribution in [0.3, 0.4) is 0 Å². The van der Waals surface area contributed by atoms with Crippen molar-refractivity contribution in [2.45, 2.75) is 10.2 Å². The fourth-order valence-corrected chi connectivity index (χ4v) is 2.79. The minimum absolute atomic E-state index is 0.704. The van der Waals surface area contributed by atoms with E-state index in [1.165, 1.54) is 11.8 Å². The third-order valence-electron chi connectivity index (χ3n) is 2.86. The predicted octanol–water partition coefficient (Wildman–Crippen LogP) is 1.73. The molecule has 98 valence electrons. The number of H-pyrrole nitrogens is 1. The number of nitrogen functional groups attached to an aromatic ring is 1. The van der Waals surface area contributed by atoms with Gasteiger partial charge in [-0.2, -0.15) is 0 Å². The SMILES string of the molecule is Nc1ccc2nc(Sc3nccn4cnnc34)[nH]c2c1. The molecule has 7 nitrogen and oxygen atoms in total. The monoisotopic (exact) mass is 283 g/mol. The summed E-state index contributed by atoms with van der Waals surface area (Å²) in [5.74, 6) is 0. The summed E-state index contributed by atoms with van der Waals surface area (Å²) < 4.78 is 1.82. The average Bonchev–Trinajstić information content (AvgIpc) is 3.04. The van der Waals surface area contributed by atoms with Gasteiger partial charge in [0.15, 0.2) is 10.8 Å². The lowest BCUT2D eigenvalue weighted by atomic mass is 10.3. The average molecular weight is 283 g/mol. The van der Waals surface area contributed by atoms with Crippen molar-refractivity contribution in [3.63, 3.8) is 0 Å². The van der Waals surface area contributed by atoms with Crippen LogP contribution in [0.4, 0.5) is 5.69 Å². The molecule has 4 aromatic rings.